The molecule has 0 aliphatic carbocycles. The Hall–Kier alpha value is -1.80. The van der Waals surface area contributed by atoms with Crippen molar-refractivity contribution in [1.82, 2.24) is 9.88 Å². The van der Waals surface area contributed by atoms with Crippen molar-refractivity contribution in [2.24, 2.45) is 0 Å². The number of ether oxygens (including phenoxy) is 2. The fraction of sp³-hybridized carbons (Fsp3) is 0.524. The number of amides is 1. The lowest BCUT2D eigenvalue weighted by atomic mass is 9.87. The van der Waals surface area contributed by atoms with Crippen molar-refractivity contribution in [3.63, 3.8) is 0 Å². The Morgan fingerprint density at radius 1 is 1.43 bits per heavy atom. The van der Waals surface area contributed by atoms with Gasteiger partial charge in [0.05, 0.1) is 18.3 Å². The van der Waals surface area contributed by atoms with Crippen LogP contribution in [0.3, 0.4) is 0 Å². The van der Waals surface area contributed by atoms with Gasteiger partial charge in [-0.3, -0.25) is 9.69 Å². The summed E-state index contributed by atoms with van der Waals surface area (Å²) in [5.41, 5.74) is 1.74. The van der Waals surface area contributed by atoms with Crippen LogP contribution in [0.2, 0.25) is 0 Å². The molecule has 1 amide bonds. The third-order valence-corrected chi connectivity index (χ3v) is 6.55. The summed E-state index contributed by atoms with van der Waals surface area (Å²) in [6.45, 7) is 4.74. The third-order valence-electron chi connectivity index (χ3n) is 5.66. The van der Waals surface area contributed by atoms with E-state index in [1.54, 1.807) is 7.11 Å². The number of nitrogens with one attached hydrogen (secondary N) is 1. The molecule has 7 heteroatoms. The average molecular weight is 402 g/mol. The molecule has 2 atom stereocenters. The molecule has 2 aliphatic rings. The fourth-order valence-electron chi connectivity index (χ4n) is 4.36. The highest BCUT2D eigenvalue weighted by molar-refractivity contribution is 7.16. The molecular weight excluding hydrogens is 374 g/mol. The summed E-state index contributed by atoms with van der Waals surface area (Å²) in [7, 11) is 1.76. The van der Waals surface area contributed by atoms with Gasteiger partial charge in [0, 0.05) is 37.2 Å². The number of carbonyl (C=O) groups excluding carboxylic acids is 1. The SMILES string of the molecule is CO[C@H]1CCN(CC(=O)Nc2nc(-c3ccccc3)c(C)s2)C[C@@]12CCCO2. The normalized spacial score (nSPS) is 25.3. The maximum absolute atomic E-state index is 12.6. The second-order valence-electron chi connectivity index (χ2n) is 7.58. The van der Waals surface area contributed by atoms with Crippen LogP contribution in [0.15, 0.2) is 30.3 Å². The van der Waals surface area contributed by atoms with Gasteiger partial charge in [0.1, 0.15) is 5.60 Å². The lowest BCUT2D eigenvalue weighted by Crippen LogP contribution is -2.58. The number of benzene rings is 1. The van der Waals surface area contributed by atoms with Crippen LogP contribution in [0.4, 0.5) is 5.13 Å². The van der Waals surface area contributed by atoms with Gasteiger partial charge in [0.2, 0.25) is 5.91 Å². The van der Waals surface area contributed by atoms with Crippen molar-refractivity contribution >= 4 is 22.4 Å². The highest BCUT2D eigenvalue weighted by Gasteiger charge is 2.47. The molecule has 1 spiro atoms. The number of aryl methyl sites for hydroxylation is 1. The van der Waals surface area contributed by atoms with Gasteiger partial charge in [0.25, 0.3) is 0 Å². The summed E-state index contributed by atoms with van der Waals surface area (Å²) in [5.74, 6) is -0.0302. The number of thiazole rings is 1. The quantitative estimate of drug-likeness (QED) is 0.833. The molecule has 3 heterocycles. The molecule has 4 rings (SSSR count). The smallest absolute Gasteiger partial charge is 0.240 e. The molecule has 2 aliphatic heterocycles. The van der Waals surface area contributed by atoms with E-state index in [1.165, 1.54) is 11.3 Å². The van der Waals surface area contributed by atoms with Gasteiger partial charge in [-0.15, -0.1) is 11.3 Å². The zero-order valence-electron chi connectivity index (χ0n) is 16.4. The first-order valence-electron chi connectivity index (χ1n) is 9.81. The number of likely N-dealkylation sites (tertiary alicyclic amines) is 1. The van der Waals surface area contributed by atoms with E-state index in [4.69, 9.17) is 9.47 Å². The van der Waals surface area contributed by atoms with E-state index in [-0.39, 0.29) is 17.6 Å². The average Bonchev–Trinajstić information content (AvgIpc) is 3.29. The maximum atomic E-state index is 12.6. The summed E-state index contributed by atoms with van der Waals surface area (Å²) in [6.07, 6.45) is 3.05. The molecule has 28 heavy (non-hydrogen) atoms. The fourth-order valence-corrected chi connectivity index (χ4v) is 5.22. The van der Waals surface area contributed by atoms with E-state index in [2.05, 4.69) is 15.2 Å². The monoisotopic (exact) mass is 401 g/mol. The second-order valence-corrected chi connectivity index (χ2v) is 8.78. The van der Waals surface area contributed by atoms with Crippen LogP contribution < -0.4 is 5.32 Å². The molecule has 150 valence electrons. The summed E-state index contributed by atoms with van der Waals surface area (Å²) >= 11 is 1.52. The minimum absolute atomic E-state index is 0.0302. The van der Waals surface area contributed by atoms with Crippen LogP contribution in [0.5, 0.6) is 0 Å². The molecular formula is C21H27N3O3S. The number of methoxy groups -OCH3 is 1. The first-order valence-corrected chi connectivity index (χ1v) is 10.6. The van der Waals surface area contributed by atoms with Crippen molar-refractivity contribution in [3.05, 3.63) is 35.2 Å². The van der Waals surface area contributed by atoms with Gasteiger partial charge in [-0.25, -0.2) is 4.98 Å². The topological polar surface area (TPSA) is 63.7 Å². The van der Waals surface area contributed by atoms with E-state index in [9.17, 15) is 4.79 Å². The Kier molecular flexibility index (Phi) is 5.78. The molecule has 0 bridgehead atoms. The Bertz CT molecular complexity index is 818. The summed E-state index contributed by atoms with van der Waals surface area (Å²) < 4.78 is 11.7. The van der Waals surface area contributed by atoms with Crippen LogP contribution in [0.1, 0.15) is 24.1 Å². The van der Waals surface area contributed by atoms with E-state index in [1.807, 2.05) is 37.3 Å². The van der Waals surface area contributed by atoms with Crippen molar-refractivity contribution in [2.75, 3.05) is 38.7 Å². The number of piperidine rings is 1. The molecule has 6 nitrogen and oxygen atoms in total. The number of anilines is 1. The Labute approximate surface area is 169 Å². The third kappa shape index (κ3) is 3.98. The first kappa shape index (κ1) is 19.5. The van der Waals surface area contributed by atoms with Gasteiger partial charge in [-0.2, -0.15) is 0 Å². The van der Waals surface area contributed by atoms with Crippen molar-refractivity contribution < 1.29 is 14.3 Å². The van der Waals surface area contributed by atoms with Gasteiger partial charge >= 0.3 is 0 Å². The Balaban J connectivity index is 1.39. The number of nitrogens with zero attached hydrogens (tertiary/aromatic N) is 2. The van der Waals surface area contributed by atoms with E-state index in [0.717, 1.165) is 55.1 Å². The van der Waals surface area contributed by atoms with Gasteiger partial charge in [-0.1, -0.05) is 30.3 Å². The van der Waals surface area contributed by atoms with E-state index in [0.29, 0.717) is 11.7 Å². The number of hydrogen-bond acceptors (Lipinski definition) is 6. The number of rotatable bonds is 5. The van der Waals surface area contributed by atoms with Gasteiger partial charge in [-0.05, 0) is 26.2 Å². The molecule has 1 aromatic heterocycles. The predicted molar refractivity (Wildman–Crippen MR) is 111 cm³/mol. The van der Waals surface area contributed by atoms with Crippen LogP contribution in [-0.2, 0) is 14.3 Å². The minimum Gasteiger partial charge on any atom is -0.378 e. The zero-order valence-corrected chi connectivity index (χ0v) is 17.3. The molecule has 0 radical (unpaired) electrons. The minimum atomic E-state index is -0.258. The Morgan fingerprint density at radius 3 is 2.96 bits per heavy atom. The van der Waals surface area contributed by atoms with Crippen LogP contribution in [0, 0.1) is 6.92 Å². The summed E-state index contributed by atoms with van der Waals surface area (Å²) in [6, 6.07) is 10.1. The molecule has 2 fully saturated rings. The highest BCUT2D eigenvalue weighted by atomic mass is 32.1. The molecule has 1 N–H and O–H groups in total. The zero-order chi connectivity index (χ0) is 19.6. The first-order chi connectivity index (χ1) is 13.6. The van der Waals surface area contributed by atoms with Crippen molar-refractivity contribution in [2.45, 2.75) is 37.9 Å². The molecule has 2 saturated heterocycles. The Morgan fingerprint density at radius 2 is 2.25 bits per heavy atom. The lowest BCUT2D eigenvalue weighted by Gasteiger charge is -2.44. The number of carbonyl (C=O) groups is 1. The predicted octanol–water partition coefficient (Wildman–Crippen LogP) is 3.33. The maximum Gasteiger partial charge on any atom is 0.240 e. The molecule has 0 unspecified atom stereocenters. The summed E-state index contributed by atoms with van der Waals surface area (Å²) in [5, 5.41) is 3.63. The van der Waals surface area contributed by atoms with Gasteiger partial charge in [0.15, 0.2) is 5.13 Å². The lowest BCUT2D eigenvalue weighted by molar-refractivity contribution is -0.146. The summed E-state index contributed by atoms with van der Waals surface area (Å²) in [4.78, 5) is 20.5. The van der Waals surface area contributed by atoms with Crippen molar-refractivity contribution in [3.8, 4) is 11.3 Å². The molecule has 1 aromatic carbocycles. The van der Waals surface area contributed by atoms with E-state index >= 15 is 0 Å². The second kappa shape index (κ2) is 8.29. The van der Waals surface area contributed by atoms with Crippen molar-refractivity contribution in [1.29, 1.82) is 0 Å². The largest absolute Gasteiger partial charge is 0.378 e. The molecule has 0 saturated carbocycles. The number of aromatic nitrogens is 1. The standard InChI is InChI=1S/C21H27N3O3S/c1-15-19(16-7-4-3-5-8-16)23-20(28-15)22-18(25)13-24-11-9-17(26-2)21(14-24)10-6-12-27-21/h3-5,7-8,17H,6,9-14H2,1-2H3,(H,22,23,25)/t17-,21-/m0/s1. The van der Waals surface area contributed by atoms with E-state index < -0.39 is 0 Å². The van der Waals surface area contributed by atoms with Crippen LogP contribution in [-0.4, -0.2) is 60.8 Å². The molecule has 2 aromatic rings. The van der Waals surface area contributed by atoms with Gasteiger partial charge < -0.3 is 14.8 Å². The van der Waals surface area contributed by atoms with Crippen LogP contribution in [0.25, 0.3) is 11.3 Å². The highest BCUT2D eigenvalue weighted by Crippen LogP contribution is 2.36. The number of hydrogen-bond donors (Lipinski definition) is 1. The van der Waals surface area contributed by atoms with Crippen LogP contribution >= 0.6 is 11.3 Å².